The number of imidazole rings is 1. The minimum Gasteiger partial charge on any atom is -0.335 e. The summed E-state index contributed by atoms with van der Waals surface area (Å²) in [7, 11) is -3.47. The standard InChI is InChI=1S/C32H28F2N8O3S/c1-46(44,45)37-14-17-8-19(10-21(33)9-17)23-6-7-36-30-28(23)39-31(40-30)29-25-12-24(26(34)13-27(25)41-42-29)20-11-22(16-35-15-20)38-32(43)18-4-2-3-5-18/h6-13,15-16,18,37H,2-5,14H2,1H3,(H,38,43)(H,41,42)(H,36,39,40). The fourth-order valence-electron chi connectivity index (χ4n) is 5.91. The molecular formula is C32H28F2N8O3S. The second-order valence-corrected chi connectivity index (χ2v) is 13.3. The summed E-state index contributed by atoms with van der Waals surface area (Å²) < 4.78 is 55.5. The number of sulfonamides is 1. The minimum atomic E-state index is -3.47. The number of H-pyrrole nitrogens is 2. The van der Waals surface area contributed by atoms with E-state index < -0.39 is 21.7 Å². The number of aromatic nitrogens is 6. The van der Waals surface area contributed by atoms with Crippen molar-refractivity contribution >= 4 is 43.7 Å². The zero-order chi connectivity index (χ0) is 32.0. The van der Waals surface area contributed by atoms with Crippen LogP contribution in [0.4, 0.5) is 14.5 Å². The largest absolute Gasteiger partial charge is 0.335 e. The molecular weight excluding hydrogens is 614 g/mol. The molecule has 1 aliphatic rings. The number of hydrogen-bond acceptors (Lipinski definition) is 7. The number of aromatic amines is 2. The van der Waals surface area contributed by atoms with Gasteiger partial charge < -0.3 is 10.3 Å². The second-order valence-electron chi connectivity index (χ2n) is 11.5. The zero-order valence-electron chi connectivity index (χ0n) is 24.6. The number of hydrogen-bond donors (Lipinski definition) is 4. The Kier molecular flexibility index (Phi) is 7.53. The Bertz CT molecular complexity index is 2240. The van der Waals surface area contributed by atoms with Gasteiger partial charge in [0.05, 0.1) is 29.2 Å². The normalized spacial score (nSPS) is 14.0. The van der Waals surface area contributed by atoms with Gasteiger partial charge in [-0.15, -0.1) is 0 Å². The van der Waals surface area contributed by atoms with Crippen molar-refractivity contribution in [2.24, 2.45) is 5.92 Å². The van der Waals surface area contributed by atoms with Crippen molar-refractivity contribution in [1.82, 2.24) is 34.9 Å². The Hall–Kier alpha value is -5.08. The summed E-state index contributed by atoms with van der Waals surface area (Å²) in [6, 6.07) is 10.7. The summed E-state index contributed by atoms with van der Waals surface area (Å²) in [5.41, 5.74) is 4.49. The van der Waals surface area contributed by atoms with Gasteiger partial charge in [-0.3, -0.25) is 14.9 Å². The molecule has 1 amide bonds. The highest BCUT2D eigenvalue weighted by Gasteiger charge is 2.23. The molecule has 11 nitrogen and oxygen atoms in total. The van der Waals surface area contributed by atoms with E-state index in [-0.39, 0.29) is 23.9 Å². The molecule has 1 aliphatic carbocycles. The fourth-order valence-corrected chi connectivity index (χ4v) is 6.34. The lowest BCUT2D eigenvalue weighted by molar-refractivity contribution is -0.119. The third-order valence-corrected chi connectivity index (χ3v) is 8.79. The number of rotatable bonds is 8. The number of halogens is 2. The first-order valence-corrected chi connectivity index (χ1v) is 16.5. The van der Waals surface area contributed by atoms with Gasteiger partial charge in [0.1, 0.15) is 17.3 Å². The van der Waals surface area contributed by atoms with Crippen molar-refractivity contribution in [3.05, 3.63) is 78.3 Å². The number of nitrogens with zero attached hydrogens (tertiary/aromatic N) is 4. The Balaban J connectivity index is 1.24. The van der Waals surface area contributed by atoms with Crippen LogP contribution in [0.15, 0.2) is 61.1 Å². The van der Waals surface area contributed by atoms with Crippen LogP contribution in [-0.4, -0.2) is 50.7 Å². The first-order chi connectivity index (χ1) is 22.1. The lowest BCUT2D eigenvalue weighted by Gasteiger charge is -2.11. The maximum atomic E-state index is 15.4. The van der Waals surface area contributed by atoms with Gasteiger partial charge >= 0.3 is 0 Å². The van der Waals surface area contributed by atoms with Crippen LogP contribution in [0.2, 0.25) is 0 Å². The summed E-state index contributed by atoms with van der Waals surface area (Å²) in [4.78, 5) is 29.1. The maximum absolute atomic E-state index is 15.4. The second kappa shape index (κ2) is 11.7. The number of amides is 1. The van der Waals surface area contributed by atoms with Crippen molar-refractivity contribution in [2.45, 2.75) is 32.2 Å². The van der Waals surface area contributed by atoms with Crippen LogP contribution in [-0.2, 0) is 21.4 Å². The predicted molar refractivity (Wildman–Crippen MR) is 170 cm³/mol. The number of carbonyl (C=O) groups is 1. The topological polar surface area (TPSA) is 158 Å². The molecule has 0 spiro atoms. The Morgan fingerprint density at radius 2 is 1.85 bits per heavy atom. The van der Waals surface area contributed by atoms with Gasteiger partial charge in [0.15, 0.2) is 11.5 Å². The maximum Gasteiger partial charge on any atom is 0.227 e. The highest BCUT2D eigenvalue weighted by atomic mass is 32.2. The van der Waals surface area contributed by atoms with E-state index in [4.69, 9.17) is 0 Å². The summed E-state index contributed by atoms with van der Waals surface area (Å²) in [5.74, 6) is -0.752. The van der Waals surface area contributed by atoms with Gasteiger partial charge in [0, 0.05) is 53.0 Å². The van der Waals surface area contributed by atoms with E-state index in [1.807, 2.05) is 0 Å². The Morgan fingerprint density at radius 3 is 2.65 bits per heavy atom. The number of benzene rings is 2. The molecule has 4 N–H and O–H groups in total. The van der Waals surface area contributed by atoms with Gasteiger partial charge in [0.25, 0.3) is 0 Å². The number of nitrogens with one attached hydrogen (secondary N) is 4. The van der Waals surface area contributed by atoms with Crippen LogP contribution in [0.1, 0.15) is 31.2 Å². The van der Waals surface area contributed by atoms with Crippen LogP contribution in [0.25, 0.3) is 55.8 Å². The highest BCUT2D eigenvalue weighted by Crippen LogP contribution is 2.35. The molecule has 234 valence electrons. The summed E-state index contributed by atoms with van der Waals surface area (Å²) >= 11 is 0. The number of fused-ring (bicyclic) bond motifs is 2. The van der Waals surface area contributed by atoms with E-state index in [9.17, 15) is 17.6 Å². The van der Waals surface area contributed by atoms with Crippen molar-refractivity contribution in [3.63, 3.8) is 0 Å². The van der Waals surface area contributed by atoms with Crippen molar-refractivity contribution in [2.75, 3.05) is 11.6 Å². The van der Waals surface area contributed by atoms with Gasteiger partial charge in [-0.25, -0.2) is 31.9 Å². The molecule has 46 heavy (non-hydrogen) atoms. The van der Waals surface area contributed by atoms with Crippen molar-refractivity contribution in [1.29, 1.82) is 0 Å². The quantitative estimate of drug-likeness (QED) is 0.166. The molecule has 0 radical (unpaired) electrons. The zero-order valence-corrected chi connectivity index (χ0v) is 25.4. The van der Waals surface area contributed by atoms with Crippen LogP contribution in [0, 0.1) is 17.6 Å². The SMILES string of the molecule is CS(=O)(=O)NCc1cc(F)cc(-c2ccnc3nc(-c4n[nH]c5cc(F)c(-c6cncc(NC(=O)C7CCCC7)c6)cc45)[nH]c23)c1. The molecule has 1 saturated carbocycles. The predicted octanol–water partition coefficient (Wildman–Crippen LogP) is 5.69. The molecule has 0 atom stereocenters. The number of carbonyl (C=O) groups excluding carboxylic acids is 1. The fraction of sp³-hybridized carbons (Fsp3) is 0.219. The van der Waals surface area contributed by atoms with E-state index in [1.165, 1.54) is 24.4 Å². The molecule has 14 heteroatoms. The van der Waals surface area contributed by atoms with Crippen LogP contribution >= 0.6 is 0 Å². The monoisotopic (exact) mass is 642 g/mol. The number of anilines is 1. The Morgan fingerprint density at radius 1 is 1.02 bits per heavy atom. The first kappa shape index (κ1) is 29.6. The molecule has 0 bridgehead atoms. The molecule has 0 aliphatic heterocycles. The molecule has 4 heterocycles. The van der Waals surface area contributed by atoms with Crippen molar-refractivity contribution < 1.29 is 22.0 Å². The lowest BCUT2D eigenvalue weighted by atomic mass is 10.0. The molecule has 2 aromatic carbocycles. The molecule has 1 fully saturated rings. The van der Waals surface area contributed by atoms with E-state index >= 15 is 4.39 Å². The molecule has 7 rings (SSSR count). The smallest absolute Gasteiger partial charge is 0.227 e. The molecule has 6 aromatic rings. The summed E-state index contributed by atoms with van der Waals surface area (Å²) in [6.07, 6.45) is 9.44. The summed E-state index contributed by atoms with van der Waals surface area (Å²) in [5, 5.41) is 10.8. The first-order valence-electron chi connectivity index (χ1n) is 14.6. The van der Waals surface area contributed by atoms with Gasteiger partial charge in [-0.05, 0) is 60.4 Å². The third kappa shape index (κ3) is 5.96. The van der Waals surface area contributed by atoms with Crippen LogP contribution in [0.5, 0.6) is 0 Å². The van der Waals surface area contributed by atoms with Crippen LogP contribution < -0.4 is 10.0 Å². The molecule has 0 unspecified atom stereocenters. The summed E-state index contributed by atoms with van der Waals surface area (Å²) in [6.45, 7) is -0.0739. The van der Waals surface area contributed by atoms with Crippen molar-refractivity contribution in [3.8, 4) is 33.8 Å². The van der Waals surface area contributed by atoms with Crippen LogP contribution in [0.3, 0.4) is 0 Å². The lowest BCUT2D eigenvalue weighted by Crippen LogP contribution is -2.21. The highest BCUT2D eigenvalue weighted by molar-refractivity contribution is 7.88. The average Bonchev–Trinajstić information content (AvgIpc) is 3.79. The van der Waals surface area contributed by atoms with E-state index in [0.717, 1.165) is 31.9 Å². The molecule has 0 saturated heterocycles. The minimum absolute atomic E-state index is 0.0242. The Labute approximate surface area is 261 Å². The number of pyridine rings is 2. The average molecular weight is 643 g/mol. The third-order valence-electron chi connectivity index (χ3n) is 8.12. The molecule has 4 aromatic heterocycles. The van der Waals surface area contributed by atoms with E-state index in [2.05, 4.69) is 40.2 Å². The van der Waals surface area contributed by atoms with Gasteiger partial charge in [0.2, 0.25) is 15.9 Å². The van der Waals surface area contributed by atoms with Gasteiger partial charge in [-0.2, -0.15) is 5.10 Å². The van der Waals surface area contributed by atoms with E-state index in [1.54, 1.807) is 36.7 Å². The van der Waals surface area contributed by atoms with Gasteiger partial charge in [-0.1, -0.05) is 12.8 Å². The van der Waals surface area contributed by atoms with E-state index in [0.29, 0.717) is 61.5 Å².